The summed E-state index contributed by atoms with van der Waals surface area (Å²) >= 11 is 0. The van der Waals surface area contributed by atoms with Crippen LogP contribution < -0.4 is 16.0 Å². The summed E-state index contributed by atoms with van der Waals surface area (Å²) in [6, 6.07) is 42.1. The van der Waals surface area contributed by atoms with Crippen LogP contribution in [0.2, 0.25) is 0 Å². The maximum Gasteiger partial charge on any atom is 0.136 e. The number of benzene rings is 5. The predicted molar refractivity (Wildman–Crippen MR) is 155 cm³/mol. The molecule has 0 saturated carbocycles. The van der Waals surface area contributed by atoms with Crippen LogP contribution in [-0.2, 0) is 0 Å². The second-order valence-corrected chi connectivity index (χ2v) is 9.10. The van der Waals surface area contributed by atoms with Crippen LogP contribution in [0.1, 0.15) is 17.2 Å². The lowest BCUT2D eigenvalue weighted by Crippen LogP contribution is -2.20. The van der Waals surface area contributed by atoms with E-state index in [-0.39, 0.29) is 6.04 Å². The Labute approximate surface area is 217 Å². The van der Waals surface area contributed by atoms with E-state index >= 15 is 0 Å². The quantitative estimate of drug-likeness (QED) is 0.192. The molecule has 37 heavy (non-hydrogen) atoms. The molecule has 0 saturated heterocycles. The third-order valence-corrected chi connectivity index (χ3v) is 6.87. The van der Waals surface area contributed by atoms with Gasteiger partial charge in [-0.1, -0.05) is 91.0 Å². The van der Waals surface area contributed by atoms with Crippen LogP contribution in [0, 0.1) is 0 Å². The van der Waals surface area contributed by atoms with Crippen molar-refractivity contribution in [1.82, 2.24) is 5.32 Å². The molecule has 4 heteroatoms. The second-order valence-electron chi connectivity index (χ2n) is 9.10. The second kappa shape index (κ2) is 10.2. The number of rotatable bonds is 8. The van der Waals surface area contributed by atoms with Gasteiger partial charge in [-0.05, 0) is 54.1 Å². The number of furan rings is 1. The van der Waals surface area contributed by atoms with Crippen LogP contribution in [0.5, 0.6) is 0 Å². The SMILES string of the molecule is CNC(c1ccccc1)c1ccccc1NCNc1ccccc1-c1ccc2c(c1)oc1ccccc12. The Bertz CT molecular complexity index is 1660. The monoisotopic (exact) mass is 483 g/mol. The Morgan fingerprint density at radius 3 is 2.16 bits per heavy atom. The summed E-state index contributed by atoms with van der Waals surface area (Å²) in [7, 11) is 2.00. The van der Waals surface area contributed by atoms with Crippen molar-refractivity contribution < 1.29 is 4.42 Å². The minimum Gasteiger partial charge on any atom is -0.456 e. The zero-order valence-electron chi connectivity index (χ0n) is 20.7. The van der Waals surface area contributed by atoms with Gasteiger partial charge in [0.25, 0.3) is 0 Å². The van der Waals surface area contributed by atoms with Gasteiger partial charge in [0.15, 0.2) is 0 Å². The number of anilines is 2. The first-order chi connectivity index (χ1) is 18.3. The number of nitrogens with one attached hydrogen (secondary N) is 3. The van der Waals surface area contributed by atoms with Crippen molar-refractivity contribution in [3.63, 3.8) is 0 Å². The van der Waals surface area contributed by atoms with Crippen molar-refractivity contribution in [2.75, 3.05) is 24.3 Å². The van der Waals surface area contributed by atoms with Crippen LogP contribution in [0.3, 0.4) is 0 Å². The zero-order chi connectivity index (χ0) is 25.0. The molecule has 0 spiro atoms. The molecule has 1 atom stereocenters. The molecule has 1 unspecified atom stereocenters. The Hall–Kier alpha value is -4.54. The summed E-state index contributed by atoms with van der Waals surface area (Å²) in [5, 5.41) is 13.0. The molecule has 1 heterocycles. The molecule has 0 aliphatic rings. The van der Waals surface area contributed by atoms with Crippen molar-refractivity contribution >= 4 is 33.3 Å². The normalized spacial score (nSPS) is 12.0. The van der Waals surface area contributed by atoms with Crippen molar-refractivity contribution in [3.8, 4) is 11.1 Å². The van der Waals surface area contributed by atoms with Crippen molar-refractivity contribution in [3.05, 3.63) is 132 Å². The van der Waals surface area contributed by atoms with E-state index in [1.54, 1.807) is 0 Å². The molecule has 0 aliphatic carbocycles. The van der Waals surface area contributed by atoms with E-state index < -0.39 is 0 Å². The lowest BCUT2D eigenvalue weighted by atomic mass is 9.97. The molecule has 1 aromatic heterocycles. The maximum absolute atomic E-state index is 6.14. The van der Waals surface area contributed by atoms with Gasteiger partial charge >= 0.3 is 0 Å². The predicted octanol–water partition coefficient (Wildman–Crippen LogP) is 8.04. The number of fused-ring (bicyclic) bond motifs is 3. The summed E-state index contributed by atoms with van der Waals surface area (Å²) in [5.41, 5.74) is 8.68. The summed E-state index contributed by atoms with van der Waals surface area (Å²) in [6.45, 7) is 0.589. The fraction of sp³-hybridized carbons (Fsp3) is 0.0909. The highest BCUT2D eigenvalue weighted by Gasteiger charge is 2.15. The standard InChI is InChI=1S/C33H29N3O/c1-34-33(23-11-3-2-4-12-23)28-15-6-9-17-30(28)36-22-35-29-16-8-5-13-25(29)24-19-20-27-26-14-7-10-18-31(26)37-32(27)21-24/h2-21,33-36H,22H2,1H3. The van der Waals surface area contributed by atoms with Crippen LogP contribution in [-0.4, -0.2) is 13.7 Å². The van der Waals surface area contributed by atoms with Gasteiger partial charge in [0.1, 0.15) is 11.2 Å². The highest BCUT2D eigenvalue weighted by molar-refractivity contribution is 6.06. The van der Waals surface area contributed by atoms with Crippen molar-refractivity contribution in [2.45, 2.75) is 6.04 Å². The average molecular weight is 484 g/mol. The Kier molecular flexibility index (Phi) is 6.32. The lowest BCUT2D eigenvalue weighted by Gasteiger charge is -2.22. The van der Waals surface area contributed by atoms with Gasteiger partial charge in [0.2, 0.25) is 0 Å². The average Bonchev–Trinajstić information content (AvgIpc) is 3.33. The Morgan fingerprint density at radius 2 is 1.30 bits per heavy atom. The van der Waals surface area contributed by atoms with E-state index in [4.69, 9.17) is 4.42 Å². The molecule has 5 aromatic carbocycles. The third kappa shape index (κ3) is 4.55. The van der Waals surface area contributed by atoms with Crippen molar-refractivity contribution in [2.24, 2.45) is 0 Å². The van der Waals surface area contributed by atoms with Crippen molar-refractivity contribution in [1.29, 1.82) is 0 Å². The van der Waals surface area contributed by atoms with E-state index in [1.807, 2.05) is 31.3 Å². The van der Waals surface area contributed by atoms with Crippen LogP contribution in [0.15, 0.2) is 126 Å². The molecule has 0 fully saturated rings. The van der Waals surface area contributed by atoms with E-state index in [0.717, 1.165) is 44.4 Å². The van der Waals surface area contributed by atoms with E-state index in [2.05, 4.69) is 113 Å². The number of para-hydroxylation sites is 3. The van der Waals surface area contributed by atoms with Gasteiger partial charge in [-0.25, -0.2) is 0 Å². The minimum absolute atomic E-state index is 0.104. The molecule has 0 bridgehead atoms. The summed E-state index contributed by atoms with van der Waals surface area (Å²) in [4.78, 5) is 0. The molecule has 4 nitrogen and oxygen atoms in total. The van der Waals surface area contributed by atoms with E-state index in [0.29, 0.717) is 6.67 Å². The number of hydrogen-bond donors (Lipinski definition) is 3. The first-order valence-corrected chi connectivity index (χ1v) is 12.6. The highest BCUT2D eigenvalue weighted by Crippen LogP contribution is 2.35. The molecule has 0 radical (unpaired) electrons. The molecule has 3 N–H and O–H groups in total. The van der Waals surface area contributed by atoms with Crippen LogP contribution in [0.4, 0.5) is 11.4 Å². The van der Waals surface area contributed by atoms with Gasteiger partial charge in [0.05, 0.1) is 12.7 Å². The van der Waals surface area contributed by atoms with Gasteiger partial charge < -0.3 is 20.4 Å². The fourth-order valence-electron chi connectivity index (χ4n) is 5.07. The summed E-state index contributed by atoms with van der Waals surface area (Å²) in [5.74, 6) is 0. The molecular weight excluding hydrogens is 454 g/mol. The number of hydrogen-bond acceptors (Lipinski definition) is 4. The van der Waals surface area contributed by atoms with Gasteiger partial charge in [0, 0.05) is 27.7 Å². The fourth-order valence-corrected chi connectivity index (χ4v) is 5.07. The maximum atomic E-state index is 6.14. The summed E-state index contributed by atoms with van der Waals surface area (Å²) < 4.78 is 6.14. The molecule has 6 rings (SSSR count). The van der Waals surface area contributed by atoms with E-state index in [9.17, 15) is 0 Å². The Morgan fingerprint density at radius 1 is 0.622 bits per heavy atom. The van der Waals surface area contributed by atoms with Crippen LogP contribution >= 0.6 is 0 Å². The van der Waals surface area contributed by atoms with Gasteiger partial charge in [-0.2, -0.15) is 0 Å². The largest absolute Gasteiger partial charge is 0.456 e. The molecule has 0 aliphatic heterocycles. The molecule has 182 valence electrons. The topological polar surface area (TPSA) is 49.2 Å². The summed E-state index contributed by atoms with van der Waals surface area (Å²) in [6.07, 6.45) is 0. The molecule has 0 amide bonds. The third-order valence-electron chi connectivity index (χ3n) is 6.87. The minimum atomic E-state index is 0.104. The van der Waals surface area contributed by atoms with Gasteiger partial charge in [-0.15, -0.1) is 0 Å². The lowest BCUT2D eigenvalue weighted by molar-refractivity contribution is 0.669. The van der Waals surface area contributed by atoms with Gasteiger partial charge in [-0.3, -0.25) is 0 Å². The highest BCUT2D eigenvalue weighted by atomic mass is 16.3. The van der Waals surface area contributed by atoms with E-state index in [1.165, 1.54) is 11.1 Å². The Balaban J connectivity index is 1.24. The first kappa shape index (κ1) is 22.9. The first-order valence-electron chi connectivity index (χ1n) is 12.6. The molecular formula is C33H29N3O. The van der Waals surface area contributed by atoms with Crippen LogP contribution in [0.25, 0.3) is 33.1 Å². The molecule has 6 aromatic rings. The smallest absolute Gasteiger partial charge is 0.136 e. The zero-order valence-corrected chi connectivity index (χ0v) is 20.7.